The van der Waals surface area contributed by atoms with Crippen LogP contribution in [0.2, 0.25) is 0 Å². The highest BCUT2D eigenvalue weighted by molar-refractivity contribution is 8.02. The third kappa shape index (κ3) is 5.24. The minimum absolute atomic E-state index is 0.0607. The molecule has 0 spiro atoms. The molecule has 0 aliphatic carbocycles. The number of hydrogen-bond acceptors (Lipinski definition) is 7. The number of aryl methyl sites for hydroxylation is 2. The Morgan fingerprint density at radius 2 is 2.00 bits per heavy atom. The first-order valence-corrected chi connectivity index (χ1v) is 10.4. The van der Waals surface area contributed by atoms with E-state index in [-0.39, 0.29) is 11.2 Å². The maximum atomic E-state index is 12.5. The smallest absolute Gasteiger partial charge is 0.237 e. The van der Waals surface area contributed by atoms with Crippen LogP contribution in [0.25, 0.3) is 0 Å². The second kappa shape index (κ2) is 9.07. The third-order valence-electron chi connectivity index (χ3n) is 4.01. The molecule has 2 N–H and O–H groups in total. The van der Waals surface area contributed by atoms with E-state index in [9.17, 15) is 4.79 Å². The van der Waals surface area contributed by atoms with E-state index >= 15 is 0 Å². The largest absolute Gasteiger partial charge is 0.497 e. The average Bonchev–Trinajstić information content (AvgIpc) is 3.10. The summed E-state index contributed by atoms with van der Waals surface area (Å²) in [5, 5.41) is 14.9. The lowest BCUT2D eigenvalue weighted by atomic mass is 10.1. The molecule has 0 saturated carbocycles. The number of thioether (sulfide) groups is 1. The second-order valence-electron chi connectivity index (χ2n) is 6.30. The van der Waals surface area contributed by atoms with E-state index < -0.39 is 0 Å². The second-order valence-corrected chi connectivity index (χ2v) is 8.86. The number of amides is 1. The molecule has 146 valence electrons. The van der Waals surface area contributed by atoms with Gasteiger partial charge >= 0.3 is 0 Å². The Kier molecular flexibility index (Phi) is 6.53. The number of rotatable bonds is 7. The number of nitrogens with zero attached hydrogens (tertiary/aromatic N) is 2. The van der Waals surface area contributed by atoms with E-state index in [0.29, 0.717) is 5.13 Å². The van der Waals surface area contributed by atoms with Crippen molar-refractivity contribution < 1.29 is 9.53 Å². The lowest BCUT2D eigenvalue weighted by Crippen LogP contribution is -2.22. The standard InChI is InChI=1S/C20H22N4O2S2/c1-12-8-9-17(13(2)10-12)22-18(25)14(3)27-20-24-23-19(28-20)21-15-6-5-7-16(11-15)26-4/h5-11,14H,1-4H3,(H,21,23)(H,22,25). The lowest BCUT2D eigenvalue weighted by Gasteiger charge is -2.12. The van der Waals surface area contributed by atoms with Crippen LogP contribution in [-0.4, -0.2) is 28.5 Å². The molecular weight excluding hydrogens is 392 g/mol. The Morgan fingerprint density at radius 3 is 2.75 bits per heavy atom. The van der Waals surface area contributed by atoms with E-state index in [2.05, 4.69) is 26.9 Å². The maximum absolute atomic E-state index is 12.5. The van der Waals surface area contributed by atoms with E-state index in [1.165, 1.54) is 28.7 Å². The molecule has 1 atom stereocenters. The fraction of sp³-hybridized carbons (Fsp3) is 0.250. The van der Waals surface area contributed by atoms with Crippen molar-refractivity contribution in [3.05, 3.63) is 53.6 Å². The van der Waals surface area contributed by atoms with Gasteiger partial charge in [-0.25, -0.2) is 0 Å². The molecule has 0 saturated heterocycles. The summed E-state index contributed by atoms with van der Waals surface area (Å²) < 4.78 is 5.95. The number of hydrogen-bond donors (Lipinski definition) is 2. The lowest BCUT2D eigenvalue weighted by molar-refractivity contribution is -0.115. The monoisotopic (exact) mass is 414 g/mol. The molecule has 1 amide bonds. The minimum Gasteiger partial charge on any atom is -0.497 e. The zero-order valence-electron chi connectivity index (χ0n) is 16.1. The summed E-state index contributed by atoms with van der Waals surface area (Å²) in [5.74, 6) is 0.704. The Bertz CT molecular complexity index is 974. The number of ether oxygens (including phenoxy) is 1. The van der Waals surface area contributed by atoms with Crippen molar-refractivity contribution in [2.75, 3.05) is 17.7 Å². The fourth-order valence-corrected chi connectivity index (χ4v) is 4.44. The van der Waals surface area contributed by atoms with Crippen molar-refractivity contribution in [3.63, 3.8) is 0 Å². The number of aromatic nitrogens is 2. The summed E-state index contributed by atoms with van der Waals surface area (Å²) in [6.07, 6.45) is 0. The summed E-state index contributed by atoms with van der Waals surface area (Å²) in [6.45, 7) is 5.88. The summed E-state index contributed by atoms with van der Waals surface area (Å²) >= 11 is 2.79. The number of methoxy groups -OCH3 is 1. The van der Waals surface area contributed by atoms with Gasteiger partial charge in [0.05, 0.1) is 12.4 Å². The van der Waals surface area contributed by atoms with Crippen LogP contribution >= 0.6 is 23.1 Å². The maximum Gasteiger partial charge on any atom is 0.237 e. The zero-order valence-corrected chi connectivity index (χ0v) is 17.8. The summed E-state index contributed by atoms with van der Waals surface area (Å²) in [5.41, 5.74) is 3.92. The summed E-state index contributed by atoms with van der Waals surface area (Å²) in [4.78, 5) is 12.5. The number of anilines is 3. The van der Waals surface area contributed by atoms with Crippen molar-refractivity contribution >= 4 is 45.5 Å². The first-order valence-electron chi connectivity index (χ1n) is 8.74. The van der Waals surface area contributed by atoms with Crippen LogP contribution in [0.4, 0.5) is 16.5 Å². The predicted molar refractivity (Wildman–Crippen MR) is 116 cm³/mol. The fourth-order valence-electron chi connectivity index (χ4n) is 2.53. The van der Waals surface area contributed by atoms with Crippen LogP contribution in [0.15, 0.2) is 46.8 Å². The van der Waals surface area contributed by atoms with Crippen LogP contribution in [0.5, 0.6) is 5.75 Å². The topological polar surface area (TPSA) is 76.1 Å². The van der Waals surface area contributed by atoms with Gasteiger partial charge < -0.3 is 15.4 Å². The van der Waals surface area contributed by atoms with Crippen LogP contribution in [0, 0.1) is 13.8 Å². The zero-order chi connectivity index (χ0) is 20.1. The molecule has 0 radical (unpaired) electrons. The molecule has 0 aliphatic heterocycles. The molecule has 0 fully saturated rings. The van der Waals surface area contributed by atoms with Gasteiger partial charge in [-0.1, -0.05) is 46.9 Å². The Balaban J connectivity index is 1.59. The molecule has 0 aliphatic rings. The number of nitrogens with one attached hydrogen (secondary N) is 2. The SMILES string of the molecule is COc1cccc(Nc2nnc(SC(C)C(=O)Nc3ccc(C)cc3C)s2)c1. The van der Waals surface area contributed by atoms with E-state index in [0.717, 1.165) is 27.0 Å². The van der Waals surface area contributed by atoms with Crippen LogP contribution in [0.3, 0.4) is 0 Å². The average molecular weight is 415 g/mol. The molecule has 28 heavy (non-hydrogen) atoms. The molecule has 1 unspecified atom stereocenters. The summed E-state index contributed by atoms with van der Waals surface area (Å²) in [7, 11) is 1.63. The Hall–Kier alpha value is -2.58. The van der Waals surface area contributed by atoms with Gasteiger partial charge in [-0.05, 0) is 44.5 Å². The third-order valence-corrected chi connectivity index (χ3v) is 6.04. The van der Waals surface area contributed by atoms with E-state index in [4.69, 9.17) is 4.74 Å². The molecule has 2 aromatic carbocycles. The molecule has 3 rings (SSSR count). The highest BCUT2D eigenvalue weighted by Gasteiger charge is 2.18. The van der Waals surface area contributed by atoms with Gasteiger partial charge in [-0.2, -0.15) is 0 Å². The van der Waals surface area contributed by atoms with Crippen molar-refractivity contribution in [2.45, 2.75) is 30.4 Å². The van der Waals surface area contributed by atoms with Gasteiger partial charge in [0.1, 0.15) is 5.75 Å². The highest BCUT2D eigenvalue weighted by Crippen LogP contribution is 2.31. The first kappa shape index (κ1) is 20.2. The Labute approximate surface area is 172 Å². The van der Waals surface area contributed by atoms with E-state index in [1.807, 2.05) is 57.2 Å². The van der Waals surface area contributed by atoms with Gasteiger partial charge in [0, 0.05) is 17.4 Å². The van der Waals surface area contributed by atoms with E-state index in [1.54, 1.807) is 7.11 Å². The van der Waals surface area contributed by atoms with Gasteiger partial charge in [-0.3, -0.25) is 4.79 Å². The number of carbonyl (C=O) groups excluding carboxylic acids is 1. The van der Waals surface area contributed by atoms with Crippen LogP contribution in [-0.2, 0) is 4.79 Å². The van der Waals surface area contributed by atoms with Gasteiger partial charge in [0.25, 0.3) is 0 Å². The quantitative estimate of drug-likeness (QED) is 0.528. The van der Waals surface area contributed by atoms with Crippen molar-refractivity contribution in [1.29, 1.82) is 0 Å². The van der Waals surface area contributed by atoms with Gasteiger partial charge in [0.2, 0.25) is 11.0 Å². The molecular formula is C20H22N4O2S2. The Morgan fingerprint density at radius 1 is 1.18 bits per heavy atom. The van der Waals surface area contributed by atoms with Crippen molar-refractivity contribution in [2.24, 2.45) is 0 Å². The van der Waals surface area contributed by atoms with Gasteiger partial charge in [-0.15, -0.1) is 10.2 Å². The van der Waals surface area contributed by atoms with Crippen molar-refractivity contribution in [1.82, 2.24) is 10.2 Å². The molecule has 8 heteroatoms. The molecule has 1 heterocycles. The highest BCUT2D eigenvalue weighted by atomic mass is 32.2. The van der Waals surface area contributed by atoms with Crippen LogP contribution in [0.1, 0.15) is 18.1 Å². The number of benzene rings is 2. The predicted octanol–water partition coefficient (Wildman–Crippen LogP) is 5.03. The number of carbonyl (C=O) groups is 1. The van der Waals surface area contributed by atoms with Crippen molar-refractivity contribution in [3.8, 4) is 5.75 Å². The first-order chi connectivity index (χ1) is 13.4. The van der Waals surface area contributed by atoms with Crippen LogP contribution < -0.4 is 15.4 Å². The minimum atomic E-state index is -0.293. The summed E-state index contributed by atoms with van der Waals surface area (Å²) in [6, 6.07) is 13.6. The molecule has 1 aromatic heterocycles. The van der Waals surface area contributed by atoms with Gasteiger partial charge in [0.15, 0.2) is 4.34 Å². The molecule has 6 nitrogen and oxygen atoms in total. The molecule has 3 aromatic rings. The molecule has 0 bridgehead atoms. The normalized spacial score (nSPS) is 11.7.